The summed E-state index contributed by atoms with van der Waals surface area (Å²) in [5, 5.41) is 3.44. The quantitative estimate of drug-likeness (QED) is 0.103. The molecule has 17 nitrogen and oxygen atoms in total. The first-order valence-electron chi connectivity index (χ1n) is 23.8. The molecule has 0 amide bonds. The lowest BCUT2D eigenvalue weighted by atomic mass is 10.1. The number of hydrogen-bond acceptors (Lipinski definition) is 11. The molecule has 5 aromatic carbocycles. The average molecular weight is 1160 g/mol. The van der Waals surface area contributed by atoms with Gasteiger partial charge in [0.25, 0.3) is 22.2 Å². The molecule has 2 saturated carbocycles. The molecule has 3 N–H and O–H groups in total. The highest BCUT2D eigenvalue weighted by Gasteiger charge is 2.34. The van der Waals surface area contributed by atoms with Crippen LogP contribution in [-0.4, -0.2) is 35.8 Å². The number of benzene rings is 5. The molecular formula is C55H50Br2N8O9S. The van der Waals surface area contributed by atoms with Crippen molar-refractivity contribution in [3.05, 3.63) is 221 Å². The van der Waals surface area contributed by atoms with Crippen LogP contribution in [0.1, 0.15) is 54.5 Å². The van der Waals surface area contributed by atoms with Crippen LogP contribution in [0.15, 0.2) is 176 Å². The molecule has 0 radical (unpaired) electrons. The van der Waals surface area contributed by atoms with E-state index in [-0.39, 0.29) is 56.1 Å². The first-order valence-corrected chi connectivity index (χ1v) is 26.8. The van der Waals surface area contributed by atoms with Gasteiger partial charge in [0.05, 0.1) is 22.6 Å². The maximum Gasteiger partial charge on any atom is 0.339 e. The van der Waals surface area contributed by atoms with Gasteiger partial charge >= 0.3 is 21.5 Å². The molecule has 0 unspecified atom stereocenters. The number of rotatable bonds is 9. The predicted octanol–water partition coefficient (Wildman–Crippen LogP) is 8.60. The van der Waals surface area contributed by atoms with E-state index in [0.717, 1.165) is 43.3 Å². The summed E-state index contributed by atoms with van der Waals surface area (Å²) in [7, 11) is -1.36. The van der Waals surface area contributed by atoms with Gasteiger partial charge in [0.15, 0.2) is 5.75 Å². The number of anilines is 3. The Kier molecular flexibility index (Phi) is 14.5. The van der Waals surface area contributed by atoms with Crippen LogP contribution in [-0.2, 0) is 24.2 Å². The van der Waals surface area contributed by atoms with Crippen molar-refractivity contribution in [1.82, 2.24) is 27.4 Å². The molecule has 0 aliphatic heterocycles. The van der Waals surface area contributed by atoms with E-state index in [1.807, 2.05) is 79.7 Å². The SMILES string of the molecule is Cc1c(Nc2ccccc2)c2c(=O)n(C3CC3)c(=O)n(-c3ccc(Br)cc3)c2n(C)c1=O.Cc1ccc(S(=O)(=O)Oc2c(C)c(=O)n(C)c3c2c(=O)n(C2CC2)c(=O)n3-c2ccc(Br)cc2)cc1.Nc1ccccc1. The van der Waals surface area contributed by atoms with Crippen LogP contribution < -0.4 is 48.9 Å². The van der Waals surface area contributed by atoms with Crippen LogP contribution in [0.4, 0.5) is 17.1 Å². The Morgan fingerprint density at radius 2 is 0.973 bits per heavy atom. The van der Waals surface area contributed by atoms with Crippen molar-refractivity contribution in [2.75, 3.05) is 11.1 Å². The first-order chi connectivity index (χ1) is 35.8. The maximum atomic E-state index is 13.7. The molecule has 384 valence electrons. The van der Waals surface area contributed by atoms with Crippen molar-refractivity contribution >= 4 is 81.1 Å². The van der Waals surface area contributed by atoms with Crippen LogP contribution in [0.25, 0.3) is 33.4 Å². The topological polar surface area (TPSA) is 213 Å². The zero-order chi connectivity index (χ0) is 53.6. The molecule has 11 rings (SSSR count). The standard InChI is InChI=1S/C25H22BrN3O6S.C24H21BrN4O3.C6H7N/c1-14-4-12-19(13-5-14)36(33,34)35-21-15(2)23(30)27(3)22-20(21)24(31)29(18-10-11-18)25(32)28(22)17-8-6-16(26)7-9-17;1-14-20(26-16-6-4-3-5-7-16)19-21(27(2)22(14)30)28(17-10-8-15(25)9-11-17)24(32)29(23(19)31)18-12-13-18;7-6-4-2-1-3-5-6/h4-9,12-13,18H,10-11H2,1-3H3;3-11,18,26H,12-13H2,1-2H3;1-5H,7H2. The second-order valence-corrected chi connectivity index (χ2v) is 21.7. The summed E-state index contributed by atoms with van der Waals surface area (Å²) in [6.45, 7) is 4.91. The summed E-state index contributed by atoms with van der Waals surface area (Å²) >= 11 is 6.79. The Bertz CT molecular complexity index is 4190. The number of fused-ring (bicyclic) bond motifs is 2. The lowest BCUT2D eigenvalue weighted by molar-refractivity contribution is 0.484. The van der Waals surface area contributed by atoms with E-state index in [0.29, 0.717) is 40.9 Å². The van der Waals surface area contributed by atoms with Gasteiger partial charge in [-0.3, -0.25) is 37.4 Å². The first kappa shape index (κ1) is 52.1. The van der Waals surface area contributed by atoms with E-state index in [1.54, 1.807) is 62.5 Å². The van der Waals surface area contributed by atoms with E-state index in [9.17, 15) is 37.2 Å². The second-order valence-electron chi connectivity index (χ2n) is 18.3. The zero-order valence-corrected chi connectivity index (χ0v) is 45.3. The van der Waals surface area contributed by atoms with E-state index >= 15 is 0 Å². The number of halogens is 2. The van der Waals surface area contributed by atoms with Gasteiger partial charge in [-0.2, -0.15) is 8.42 Å². The fourth-order valence-electron chi connectivity index (χ4n) is 8.75. The van der Waals surface area contributed by atoms with Gasteiger partial charge in [-0.05, 0) is 131 Å². The third-order valence-corrected chi connectivity index (χ3v) is 15.2. The number of nitrogens with two attached hydrogens (primary N) is 1. The van der Waals surface area contributed by atoms with E-state index in [2.05, 4.69) is 37.2 Å². The predicted molar refractivity (Wildman–Crippen MR) is 299 cm³/mol. The average Bonchev–Trinajstić information content (AvgIpc) is 4.36. The highest BCUT2D eigenvalue weighted by molar-refractivity contribution is 9.10. The minimum Gasteiger partial charge on any atom is -0.399 e. The Labute approximate surface area is 445 Å². The van der Waals surface area contributed by atoms with Gasteiger partial charge in [-0.25, -0.2) is 18.7 Å². The van der Waals surface area contributed by atoms with E-state index in [1.165, 1.54) is 48.9 Å². The Morgan fingerprint density at radius 1 is 0.547 bits per heavy atom. The van der Waals surface area contributed by atoms with E-state index in [4.69, 9.17) is 9.92 Å². The molecule has 4 aromatic heterocycles. The second kappa shape index (κ2) is 20.8. The number of nitrogen functional groups attached to an aromatic ring is 1. The lowest BCUT2D eigenvalue weighted by Gasteiger charge is -2.20. The molecule has 2 fully saturated rings. The molecule has 9 aromatic rings. The molecule has 4 heterocycles. The number of aromatic nitrogens is 6. The normalized spacial score (nSPS) is 13.2. The summed E-state index contributed by atoms with van der Waals surface area (Å²) in [6.07, 6.45) is 2.85. The third kappa shape index (κ3) is 10.2. The summed E-state index contributed by atoms with van der Waals surface area (Å²) in [6, 6.07) is 38.5. The molecule has 2 aliphatic carbocycles. The minimum atomic E-state index is -4.39. The van der Waals surface area contributed by atoms with Crippen molar-refractivity contribution in [1.29, 1.82) is 0 Å². The largest absolute Gasteiger partial charge is 0.399 e. The number of hydrogen-bond donors (Lipinski definition) is 2. The van der Waals surface area contributed by atoms with Crippen LogP contribution in [0.3, 0.4) is 0 Å². The fourth-order valence-corrected chi connectivity index (χ4v) is 10.3. The van der Waals surface area contributed by atoms with Crippen molar-refractivity contribution < 1.29 is 12.6 Å². The lowest BCUT2D eigenvalue weighted by Crippen LogP contribution is -2.41. The van der Waals surface area contributed by atoms with Crippen LogP contribution >= 0.6 is 31.9 Å². The van der Waals surface area contributed by atoms with Crippen molar-refractivity contribution in [3.63, 3.8) is 0 Å². The maximum absolute atomic E-state index is 13.7. The van der Waals surface area contributed by atoms with Gasteiger partial charge < -0.3 is 15.2 Å². The number of nitrogens with zero attached hydrogens (tertiary/aromatic N) is 6. The van der Waals surface area contributed by atoms with Crippen molar-refractivity contribution in [2.24, 2.45) is 14.1 Å². The van der Waals surface area contributed by atoms with Gasteiger partial charge in [-0.15, -0.1) is 0 Å². The monoisotopic (exact) mass is 1160 g/mol. The van der Waals surface area contributed by atoms with Gasteiger partial charge in [0, 0.05) is 52.1 Å². The Balaban J connectivity index is 0.000000163. The molecule has 0 bridgehead atoms. The van der Waals surface area contributed by atoms with E-state index < -0.39 is 32.6 Å². The molecule has 0 saturated heterocycles. The summed E-state index contributed by atoms with van der Waals surface area (Å²) in [4.78, 5) is 80.9. The smallest absolute Gasteiger partial charge is 0.339 e. The molecule has 0 spiro atoms. The van der Waals surface area contributed by atoms with Crippen LogP contribution in [0, 0.1) is 20.8 Å². The number of aryl methyl sites for hydroxylation is 3. The fraction of sp³-hybridized carbons (Fsp3) is 0.200. The van der Waals surface area contributed by atoms with Crippen LogP contribution in [0.5, 0.6) is 5.75 Å². The summed E-state index contributed by atoms with van der Waals surface area (Å²) in [5.74, 6) is -0.376. The third-order valence-electron chi connectivity index (χ3n) is 12.9. The minimum absolute atomic E-state index is 0.0473. The summed E-state index contributed by atoms with van der Waals surface area (Å²) in [5.41, 5.74) is 6.83. The van der Waals surface area contributed by atoms with Crippen molar-refractivity contribution in [3.8, 4) is 17.1 Å². The molecular weight excluding hydrogens is 1110 g/mol. The van der Waals surface area contributed by atoms with Gasteiger partial charge in [0.1, 0.15) is 27.0 Å². The highest BCUT2D eigenvalue weighted by atomic mass is 79.9. The molecule has 0 atom stereocenters. The molecule has 75 heavy (non-hydrogen) atoms. The van der Waals surface area contributed by atoms with Gasteiger partial charge in [0.2, 0.25) is 0 Å². The van der Waals surface area contributed by atoms with Crippen LogP contribution in [0.2, 0.25) is 0 Å². The molecule has 20 heteroatoms. The van der Waals surface area contributed by atoms with Crippen molar-refractivity contribution in [2.45, 2.75) is 63.4 Å². The van der Waals surface area contributed by atoms with Gasteiger partial charge in [-0.1, -0.05) is 86.0 Å². The Morgan fingerprint density at radius 3 is 1.41 bits per heavy atom. The highest BCUT2D eigenvalue weighted by Crippen LogP contribution is 2.36. The number of para-hydroxylation sites is 2. The zero-order valence-electron chi connectivity index (χ0n) is 41.3. The Hall–Kier alpha value is -7.81. The summed E-state index contributed by atoms with van der Waals surface area (Å²) < 4.78 is 41.3. The number of nitrogens with one attached hydrogen (secondary N) is 1. The molecule has 2 aliphatic rings. The number of pyridine rings is 2.